The molecule has 0 aromatic heterocycles. The van der Waals surface area contributed by atoms with E-state index in [1.165, 1.54) is 17.0 Å². The third-order valence-electron chi connectivity index (χ3n) is 4.26. The molecule has 0 spiro atoms. The van der Waals surface area contributed by atoms with Crippen molar-refractivity contribution < 1.29 is 22.4 Å². The number of nitrogens with zero attached hydrogens (tertiary/aromatic N) is 2. The van der Waals surface area contributed by atoms with Crippen molar-refractivity contribution in [1.82, 2.24) is 20.9 Å². The van der Waals surface area contributed by atoms with E-state index in [1.807, 2.05) is 0 Å². The number of halogens is 4. The molecule has 3 N–H and O–H groups in total. The van der Waals surface area contributed by atoms with E-state index in [9.17, 15) is 22.4 Å². The Morgan fingerprint density at radius 2 is 1.89 bits per heavy atom. The highest BCUT2D eigenvalue weighted by Crippen LogP contribution is 2.19. The van der Waals surface area contributed by atoms with Gasteiger partial charge >= 0.3 is 6.18 Å². The predicted molar refractivity (Wildman–Crippen MR) is 98.5 cm³/mol. The SMILES string of the molecule is CN=C(NCCNC(=O)Cc1ccc(F)cc1)NC1CCN(CC(F)(F)F)C1. The molecule has 1 heterocycles. The number of likely N-dealkylation sites (tertiary alicyclic amines) is 1. The van der Waals surface area contributed by atoms with Crippen LogP contribution in [0.25, 0.3) is 0 Å². The molecule has 1 aliphatic rings. The standard InChI is InChI=1S/C18H25F4N5O/c1-23-17(26-15-6-9-27(11-15)12-18(20,21)22)25-8-7-24-16(28)10-13-2-4-14(19)5-3-13/h2-5,15H,6-12H2,1H3,(H,24,28)(H2,23,25,26). The number of benzene rings is 1. The van der Waals surface area contributed by atoms with Crippen LogP contribution in [-0.2, 0) is 11.2 Å². The van der Waals surface area contributed by atoms with Gasteiger partial charge in [0.1, 0.15) is 5.82 Å². The normalized spacial score (nSPS) is 18.2. The third-order valence-corrected chi connectivity index (χ3v) is 4.26. The minimum absolute atomic E-state index is 0.110. The molecule has 1 amide bonds. The van der Waals surface area contributed by atoms with Crippen LogP contribution in [0.3, 0.4) is 0 Å². The number of amides is 1. The summed E-state index contributed by atoms with van der Waals surface area (Å²) in [4.78, 5) is 17.3. The highest BCUT2D eigenvalue weighted by atomic mass is 19.4. The summed E-state index contributed by atoms with van der Waals surface area (Å²) < 4.78 is 50.2. The molecule has 10 heteroatoms. The Bertz CT molecular complexity index is 663. The summed E-state index contributed by atoms with van der Waals surface area (Å²) in [6, 6.07) is 5.62. The fourth-order valence-corrected chi connectivity index (χ4v) is 2.97. The number of carbonyl (C=O) groups is 1. The topological polar surface area (TPSA) is 68.8 Å². The molecule has 6 nitrogen and oxygen atoms in total. The molecule has 0 aliphatic carbocycles. The van der Waals surface area contributed by atoms with Gasteiger partial charge in [0.15, 0.2) is 5.96 Å². The van der Waals surface area contributed by atoms with E-state index >= 15 is 0 Å². The maximum Gasteiger partial charge on any atom is 0.401 e. The summed E-state index contributed by atoms with van der Waals surface area (Å²) in [5.41, 5.74) is 0.717. The predicted octanol–water partition coefficient (Wildman–Crippen LogP) is 1.29. The fraction of sp³-hybridized carbons (Fsp3) is 0.556. The number of hydrogen-bond donors (Lipinski definition) is 3. The molecule has 156 valence electrons. The minimum atomic E-state index is -4.19. The molecular weight excluding hydrogens is 378 g/mol. The van der Waals surface area contributed by atoms with Gasteiger partial charge in [-0.25, -0.2) is 4.39 Å². The summed E-state index contributed by atoms with van der Waals surface area (Å²) in [6.07, 6.45) is -3.43. The summed E-state index contributed by atoms with van der Waals surface area (Å²) >= 11 is 0. The Balaban J connectivity index is 1.63. The van der Waals surface area contributed by atoms with E-state index < -0.39 is 12.7 Å². The quantitative estimate of drug-likeness (QED) is 0.278. The Hall–Kier alpha value is -2.36. The monoisotopic (exact) mass is 403 g/mol. The van der Waals surface area contributed by atoms with Gasteiger partial charge in [0.25, 0.3) is 0 Å². The number of hydrogen-bond acceptors (Lipinski definition) is 3. The summed E-state index contributed by atoms with van der Waals surface area (Å²) in [5.74, 6) is -0.0578. The molecule has 0 bridgehead atoms. The zero-order chi connectivity index (χ0) is 20.6. The Kier molecular flexibility index (Phi) is 8.04. The first-order valence-electron chi connectivity index (χ1n) is 9.02. The molecule has 1 fully saturated rings. The van der Waals surface area contributed by atoms with E-state index in [-0.39, 0.29) is 24.2 Å². The number of guanidine groups is 1. The maximum absolute atomic E-state index is 12.8. The number of rotatable bonds is 7. The lowest BCUT2D eigenvalue weighted by atomic mass is 10.1. The lowest BCUT2D eigenvalue weighted by Gasteiger charge is -2.19. The summed E-state index contributed by atoms with van der Waals surface area (Å²) in [5, 5.41) is 8.86. The molecule has 1 atom stereocenters. The number of alkyl halides is 3. The molecular formula is C18H25F4N5O. The van der Waals surface area contributed by atoms with Crippen LogP contribution in [0.5, 0.6) is 0 Å². The van der Waals surface area contributed by atoms with Gasteiger partial charge in [0, 0.05) is 39.3 Å². The van der Waals surface area contributed by atoms with Gasteiger partial charge in [-0.2, -0.15) is 13.2 Å². The molecule has 0 saturated carbocycles. The van der Waals surface area contributed by atoms with Crippen LogP contribution in [0.2, 0.25) is 0 Å². The van der Waals surface area contributed by atoms with Crippen LogP contribution in [0.15, 0.2) is 29.3 Å². The van der Waals surface area contributed by atoms with Gasteiger partial charge in [-0.05, 0) is 24.1 Å². The number of aliphatic imine (C=N–C) groups is 1. The zero-order valence-corrected chi connectivity index (χ0v) is 15.7. The second kappa shape index (κ2) is 10.3. The molecule has 1 saturated heterocycles. The molecule has 1 unspecified atom stereocenters. The van der Waals surface area contributed by atoms with Crippen LogP contribution < -0.4 is 16.0 Å². The van der Waals surface area contributed by atoms with Gasteiger partial charge < -0.3 is 16.0 Å². The average Bonchev–Trinajstić information content (AvgIpc) is 3.04. The van der Waals surface area contributed by atoms with E-state index in [1.54, 1.807) is 19.2 Å². The Labute approximate surface area is 161 Å². The zero-order valence-electron chi connectivity index (χ0n) is 15.7. The van der Waals surface area contributed by atoms with E-state index in [2.05, 4.69) is 20.9 Å². The molecule has 0 radical (unpaired) electrons. The first-order chi connectivity index (χ1) is 13.2. The van der Waals surface area contributed by atoms with Crippen molar-refractivity contribution in [2.45, 2.75) is 25.1 Å². The first-order valence-corrected chi connectivity index (χ1v) is 9.02. The fourth-order valence-electron chi connectivity index (χ4n) is 2.97. The maximum atomic E-state index is 12.8. The molecule has 1 aliphatic heterocycles. The van der Waals surface area contributed by atoms with Crippen molar-refractivity contribution in [3.8, 4) is 0 Å². The second-order valence-corrected chi connectivity index (χ2v) is 6.63. The first kappa shape index (κ1) is 21.9. The summed E-state index contributed by atoms with van der Waals surface area (Å²) in [6.45, 7) is 0.541. The smallest absolute Gasteiger partial charge is 0.355 e. The number of carbonyl (C=O) groups excluding carboxylic acids is 1. The highest BCUT2D eigenvalue weighted by molar-refractivity contribution is 5.80. The van der Waals surface area contributed by atoms with Crippen LogP contribution in [0.1, 0.15) is 12.0 Å². The summed E-state index contributed by atoms with van der Waals surface area (Å²) in [7, 11) is 1.57. The van der Waals surface area contributed by atoms with Crippen LogP contribution in [-0.4, -0.2) is 68.8 Å². The molecule has 28 heavy (non-hydrogen) atoms. The lowest BCUT2D eigenvalue weighted by molar-refractivity contribution is -0.143. The highest BCUT2D eigenvalue weighted by Gasteiger charge is 2.34. The van der Waals surface area contributed by atoms with Crippen LogP contribution in [0, 0.1) is 5.82 Å². The third kappa shape index (κ3) is 8.12. The van der Waals surface area contributed by atoms with Gasteiger partial charge in [-0.1, -0.05) is 12.1 Å². The van der Waals surface area contributed by atoms with Crippen molar-refractivity contribution in [3.63, 3.8) is 0 Å². The molecule has 2 rings (SSSR count). The van der Waals surface area contributed by atoms with Gasteiger partial charge in [-0.3, -0.25) is 14.7 Å². The van der Waals surface area contributed by atoms with Gasteiger partial charge in [0.2, 0.25) is 5.91 Å². The average molecular weight is 403 g/mol. The minimum Gasteiger partial charge on any atom is -0.355 e. The lowest BCUT2D eigenvalue weighted by Crippen LogP contribution is -2.47. The van der Waals surface area contributed by atoms with E-state index in [0.29, 0.717) is 44.1 Å². The van der Waals surface area contributed by atoms with Crippen molar-refractivity contribution in [3.05, 3.63) is 35.6 Å². The van der Waals surface area contributed by atoms with Crippen molar-refractivity contribution >= 4 is 11.9 Å². The Morgan fingerprint density at radius 3 is 2.54 bits per heavy atom. The van der Waals surface area contributed by atoms with Crippen molar-refractivity contribution in [1.29, 1.82) is 0 Å². The van der Waals surface area contributed by atoms with Crippen molar-refractivity contribution in [2.75, 3.05) is 39.8 Å². The number of nitrogens with one attached hydrogen (secondary N) is 3. The van der Waals surface area contributed by atoms with Crippen LogP contribution in [0.4, 0.5) is 17.6 Å². The van der Waals surface area contributed by atoms with E-state index in [4.69, 9.17) is 0 Å². The van der Waals surface area contributed by atoms with E-state index in [0.717, 1.165) is 0 Å². The molecule has 1 aromatic rings. The van der Waals surface area contributed by atoms with Crippen molar-refractivity contribution in [2.24, 2.45) is 4.99 Å². The van der Waals surface area contributed by atoms with Gasteiger partial charge in [-0.15, -0.1) is 0 Å². The molecule has 1 aromatic carbocycles. The van der Waals surface area contributed by atoms with Gasteiger partial charge in [0.05, 0.1) is 13.0 Å². The largest absolute Gasteiger partial charge is 0.401 e. The van der Waals surface area contributed by atoms with Crippen LogP contribution >= 0.6 is 0 Å². The second-order valence-electron chi connectivity index (χ2n) is 6.63. The Morgan fingerprint density at radius 1 is 1.21 bits per heavy atom.